The summed E-state index contributed by atoms with van der Waals surface area (Å²) in [6.45, 7) is 0. The average Bonchev–Trinajstić information content (AvgIpc) is 2.73. The molecule has 2 aromatic carbocycles. The number of nitrogens with zero attached hydrogens (tertiary/aromatic N) is 1. The molecule has 1 heterocycles. The van der Waals surface area contributed by atoms with Crippen LogP contribution in [0.1, 0.15) is 26.3 Å². The number of hydrogen-bond donors (Lipinski definition) is 1. The number of para-hydroxylation sites is 1. The first-order chi connectivity index (χ1) is 13.6. The molecule has 0 bridgehead atoms. The highest BCUT2D eigenvalue weighted by Crippen LogP contribution is 2.20. The highest BCUT2D eigenvalue weighted by Gasteiger charge is 2.11. The number of carbonyl (C=O) groups excluding carboxylic acids is 2. The number of hydrogen-bond acceptors (Lipinski definition) is 5. The molecule has 6 heteroatoms. The lowest BCUT2D eigenvalue weighted by atomic mass is 10.1. The number of aromatic nitrogens is 1. The Labute approximate surface area is 161 Å². The van der Waals surface area contributed by atoms with E-state index in [1.54, 1.807) is 18.3 Å². The summed E-state index contributed by atoms with van der Waals surface area (Å²) in [5, 5.41) is 3.10. The quantitative estimate of drug-likeness (QED) is 0.385. The molecule has 5 nitrogen and oxygen atoms in total. The summed E-state index contributed by atoms with van der Waals surface area (Å²) in [7, 11) is 1.22. The van der Waals surface area contributed by atoms with Gasteiger partial charge < -0.3 is 10.1 Å². The van der Waals surface area contributed by atoms with Gasteiger partial charge in [-0.05, 0) is 48.6 Å². The Bertz CT molecular complexity index is 1030. The minimum atomic E-state index is -0.627. The molecule has 3 rings (SSSR count). The van der Waals surface area contributed by atoms with Crippen molar-refractivity contribution in [3.8, 4) is 0 Å². The van der Waals surface area contributed by atoms with Gasteiger partial charge in [-0.25, -0.2) is 14.2 Å². The molecule has 0 saturated carbocycles. The molecule has 0 aliphatic heterocycles. The number of methoxy groups -OCH3 is 1. The third-order valence-corrected chi connectivity index (χ3v) is 3.95. The summed E-state index contributed by atoms with van der Waals surface area (Å²) in [4.78, 5) is 28.3. The smallest absolute Gasteiger partial charge is 0.337 e. The molecular formula is C22H17FN2O3. The Hall–Kier alpha value is -3.80. The van der Waals surface area contributed by atoms with Crippen LogP contribution in [0, 0.1) is 5.82 Å². The molecular weight excluding hydrogens is 359 g/mol. The van der Waals surface area contributed by atoms with E-state index in [2.05, 4.69) is 15.0 Å². The third kappa shape index (κ3) is 4.48. The SMILES string of the molecule is COC(=O)c1ccc(C=CC(=O)c2cccnc2Nc2ccccc2)c(F)c1. The second-order valence-corrected chi connectivity index (χ2v) is 5.82. The zero-order valence-corrected chi connectivity index (χ0v) is 15.1. The predicted molar refractivity (Wildman–Crippen MR) is 105 cm³/mol. The van der Waals surface area contributed by atoms with Crippen LogP contribution in [0.2, 0.25) is 0 Å². The zero-order valence-electron chi connectivity index (χ0n) is 15.1. The van der Waals surface area contributed by atoms with E-state index >= 15 is 0 Å². The topological polar surface area (TPSA) is 68.3 Å². The molecule has 0 radical (unpaired) electrons. The molecule has 0 saturated heterocycles. The van der Waals surface area contributed by atoms with Crippen molar-refractivity contribution in [2.75, 3.05) is 12.4 Å². The number of carbonyl (C=O) groups is 2. The van der Waals surface area contributed by atoms with Gasteiger partial charge in [-0.15, -0.1) is 0 Å². The van der Waals surface area contributed by atoms with Crippen LogP contribution in [0.15, 0.2) is 72.9 Å². The molecule has 0 fully saturated rings. The molecule has 0 spiro atoms. The lowest BCUT2D eigenvalue weighted by molar-refractivity contribution is 0.0600. The second kappa shape index (κ2) is 8.73. The van der Waals surface area contributed by atoms with E-state index in [1.807, 2.05) is 30.3 Å². The van der Waals surface area contributed by atoms with Gasteiger partial charge in [0.05, 0.1) is 18.2 Å². The number of esters is 1. The van der Waals surface area contributed by atoms with Crippen molar-refractivity contribution in [2.24, 2.45) is 0 Å². The van der Waals surface area contributed by atoms with Crippen LogP contribution in [-0.4, -0.2) is 23.8 Å². The van der Waals surface area contributed by atoms with E-state index in [0.29, 0.717) is 11.4 Å². The number of ketones is 1. The van der Waals surface area contributed by atoms with E-state index in [9.17, 15) is 14.0 Å². The Morgan fingerprint density at radius 1 is 1.07 bits per heavy atom. The third-order valence-electron chi connectivity index (χ3n) is 3.95. The summed E-state index contributed by atoms with van der Waals surface area (Å²) < 4.78 is 18.7. The van der Waals surface area contributed by atoms with Gasteiger partial charge in [-0.1, -0.05) is 24.3 Å². The molecule has 3 aromatic rings. The van der Waals surface area contributed by atoms with Crippen molar-refractivity contribution in [3.05, 3.63) is 95.4 Å². The van der Waals surface area contributed by atoms with Gasteiger partial charge in [0, 0.05) is 17.4 Å². The van der Waals surface area contributed by atoms with Gasteiger partial charge in [-0.2, -0.15) is 0 Å². The summed E-state index contributed by atoms with van der Waals surface area (Å²) in [6, 6.07) is 16.6. The van der Waals surface area contributed by atoms with Crippen LogP contribution >= 0.6 is 0 Å². The van der Waals surface area contributed by atoms with Gasteiger partial charge in [0.25, 0.3) is 0 Å². The molecule has 0 aliphatic carbocycles. The minimum absolute atomic E-state index is 0.102. The summed E-state index contributed by atoms with van der Waals surface area (Å²) >= 11 is 0. The van der Waals surface area contributed by atoms with Crippen molar-refractivity contribution < 1.29 is 18.7 Å². The molecule has 0 amide bonds. The Balaban J connectivity index is 1.81. The molecule has 28 heavy (non-hydrogen) atoms. The summed E-state index contributed by atoms with van der Waals surface area (Å²) in [5.41, 5.74) is 1.44. The fourth-order valence-corrected chi connectivity index (χ4v) is 2.52. The lowest BCUT2D eigenvalue weighted by Gasteiger charge is -2.08. The molecule has 1 aromatic heterocycles. The lowest BCUT2D eigenvalue weighted by Crippen LogP contribution is -2.04. The van der Waals surface area contributed by atoms with Crippen molar-refractivity contribution >= 4 is 29.3 Å². The van der Waals surface area contributed by atoms with E-state index < -0.39 is 11.8 Å². The number of anilines is 2. The summed E-state index contributed by atoms with van der Waals surface area (Å²) in [6.07, 6.45) is 4.21. The van der Waals surface area contributed by atoms with Crippen LogP contribution in [0.3, 0.4) is 0 Å². The van der Waals surface area contributed by atoms with Gasteiger partial charge >= 0.3 is 5.97 Å². The molecule has 0 aliphatic rings. The van der Waals surface area contributed by atoms with Gasteiger partial charge in [-0.3, -0.25) is 4.79 Å². The zero-order chi connectivity index (χ0) is 19.9. The second-order valence-electron chi connectivity index (χ2n) is 5.82. The monoisotopic (exact) mass is 376 g/mol. The van der Waals surface area contributed by atoms with Gasteiger partial charge in [0.15, 0.2) is 5.78 Å². The first-order valence-electron chi connectivity index (χ1n) is 8.46. The van der Waals surface area contributed by atoms with Crippen LogP contribution < -0.4 is 5.32 Å². The van der Waals surface area contributed by atoms with Crippen molar-refractivity contribution in [1.29, 1.82) is 0 Å². The van der Waals surface area contributed by atoms with Crippen LogP contribution in [0.5, 0.6) is 0 Å². The average molecular weight is 376 g/mol. The minimum Gasteiger partial charge on any atom is -0.465 e. The number of pyridine rings is 1. The number of rotatable bonds is 6. The van der Waals surface area contributed by atoms with E-state index in [0.717, 1.165) is 11.8 Å². The number of halogens is 1. The highest BCUT2D eigenvalue weighted by molar-refractivity contribution is 6.10. The van der Waals surface area contributed by atoms with Crippen molar-refractivity contribution in [3.63, 3.8) is 0 Å². The number of nitrogens with one attached hydrogen (secondary N) is 1. The van der Waals surface area contributed by atoms with Crippen LogP contribution in [0.4, 0.5) is 15.9 Å². The Morgan fingerprint density at radius 2 is 1.86 bits per heavy atom. The fraction of sp³-hybridized carbons (Fsp3) is 0.0455. The Kier molecular flexibility index (Phi) is 5.91. The normalized spacial score (nSPS) is 10.6. The van der Waals surface area contributed by atoms with Crippen molar-refractivity contribution in [1.82, 2.24) is 4.98 Å². The number of allylic oxidation sites excluding steroid dienone is 1. The number of ether oxygens (including phenoxy) is 1. The van der Waals surface area contributed by atoms with E-state index in [1.165, 1.54) is 31.4 Å². The standard InChI is InChI=1S/C22H17FN2O3/c1-28-22(27)16-10-9-15(19(23)14-16)11-12-20(26)18-8-5-13-24-21(18)25-17-6-3-2-4-7-17/h2-14H,1H3,(H,24,25). The molecule has 140 valence electrons. The maximum atomic E-state index is 14.2. The Morgan fingerprint density at radius 3 is 2.57 bits per heavy atom. The maximum Gasteiger partial charge on any atom is 0.337 e. The maximum absolute atomic E-state index is 14.2. The van der Waals surface area contributed by atoms with Gasteiger partial charge in [0.2, 0.25) is 0 Å². The van der Waals surface area contributed by atoms with E-state index in [-0.39, 0.29) is 16.9 Å². The number of benzene rings is 2. The molecule has 1 N–H and O–H groups in total. The largest absolute Gasteiger partial charge is 0.465 e. The first-order valence-corrected chi connectivity index (χ1v) is 8.46. The van der Waals surface area contributed by atoms with Crippen LogP contribution in [0.25, 0.3) is 6.08 Å². The fourth-order valence-electron chi connectivity index (χ4n) is 2.52. The highest BCUT2D eigenvalue weighted by atomic mass is 19.1. The molecule has 0 atom stereocenters. The molecule has 0 unspecified atom stereocenters. The summed E-state index contributed by atoms with van der Waals surface area (Å²) in [5.74, 6) is -1.17. The van der Waals surface area contributed by atoms with E-state index in [4.69, 9.17) is 0 Å². The van der Waals surface area contributed by atoms with Crippen LogP contribution in [-0.2, 0) is 4.74 Å². The van der Waals surface area contributed by atoms with Gasteiger partial charge in [0.1, 0.15) is 11.6 Å². The first kappa shape index (κ1) is 19.0. The predicted octanol–water partition coefficient (Wildman–Crippen LogP) is 4.65. The van der Waals surface area contributed by atoms with Crippen molar-refractivity contribution in [2.45, 2.75) is 0 Å².